The third-order valence-electron chi connectivity index (χ3n) is 22.6. The van der Waals surface area contributed by atoms with Crippen LogP contribution in [-0.2, 0) is 64.8 Å². The fraction of sp³-hybridized carbons (Fsp3) is 0.255. The van der Waals surface area contributed by atoms with Crippen LogP contribution in [0.1, 0.15) is 143 Å². The van der Waals surface area contributed by atoms with Crippen LogP contribution in [0, 0.1) is 70.6 Å². The number of halogens is 9. The van der Waals surface area contributed by atoms with Crippen molar-refractivity contribution in [2.24, 2.45) is 0 Å². The molecule has 0 aliphatic heterocycles. The van der Waals surface area contributed by atoms with Crippen LogP contribution < -0.4 is 0 Å². The standard InChI is InChI=1S/C21H18FN7O.C20H20F2N6.C20H21FN6.C19H16F4N6.C18H17FN6/c1-13-9-16(27-30-13)11-29-14(2)24-20(26-29)19-12-28-8-7-23-21(28)18(25-19)10-15-5-3-4-6-17(15)22;1-14-24-19(26-28(14)10-5-4-8-21)18-13-27-11-9-23-20(27)17(25-18)12-15-6-2-3-7-16(15)22;1-3-4-10-27-14(2)23-19(25-27)18-13-26-11-9-22-20(26)17(24-18)12-15-7-5-6-8-16(15)21;1-12-25-17(27-29(12)8-6-19(21,22)23)16-11-28-9-7-24-18(28)15(26-16)10-13-4-2-3-5-14(13)20;1-3-25-12(2)21-17(23-25)16-11-24-9-8-20-18(24)15(22-16)10-13-6-4-5-7-14(13)19/h3-9,12H,10-11H2,1-2H3;2-3,6-7,9,11,13H,4-5,8,10,12H2,1H3;5-9,11,13H,3-4,10,12H2,1-2H3;2-5,7,9,11H,6,8,10H2,1H3;4-9,11H,3,10H2,1-2H3. The maximum Gasteiger partial charge on any atom is 0.390 e. The van der Waals surface area contributed by atoms with Crippen molar-refractivity contribution in [3.8, 4) is 57.6 Å². The zero-order valence-electron chi connectivity index (χ0n) is 76.8. The summed E-state index contributed by atoms with van der Waals surface area (Å²) in [6.45, 7) is 17.2. The minimum Gasteiger partial charge on any atom is -0.361 e. The number of rotatable bonds is 27. The van der Waals surface area contributed by atoms with E-state index in [0.717, 1.165) is 60.7 Å². The van der Waals surface area contributed by atoms with Crippen molar-refractivity contribution in [1.82, 2.24) is 151 Å². The number of nitrogens with zero attached hydrogens (tertiary/aromatic N) is 31. The van der Waals surface area contributed by atoms with E-state index in [9.17, 15) is 39.5 Å². The topological polar surface area (TPSA) is 331 Å². The van der Waals surface area contributed by atoms with E-state index in [2.05, 4.69) is 102 Å². The van der Waals surface area contributed by atoms with Crippen LogP contribution in [0.5, 0.6) is 0 Å². The summed E-state index contributed by atoms with van der Waals surface area (Å²) in [7, 11) is 0. The molecule has 41 heteroatoms. The molecule has 0 amide bonds. The largest absolute Gasteiger partial charge is 0.390 e. The van der Waals surface area contributed by atoms with Crippen LogP contribution in [0.3, 0.4) is 0 Å². The summed E-state index contributed by atoms with van der Waals surface area (Å²) in [5.74, 6) is 5.20. The van der Waals surface area contributed by atoms with Gasteiger partial charge in [0.05, 0.1) is 54.7 Å². The lowest BCUT2D eigenvalue weighted by molar-refractivity contribution is -0.137. The molecule has 0 saturated carbocycles. The molecule has 0 radical (unpaired) electrons. The second-order valence-electron chi connectivity index (χ2n) is 32.6. The van der Waals surface area contributed by atoms with Crippen molar-refractivity contribution in [2.75, 3.05) is 6.67 Å². The molecular formula is C98H92F9N31O. The van der Waals surface area contributed by atoms with Gasteiger partial charge < -0.3 is 26.5 Å². The Morgan fingerprint density at radius 3 is 0.863 bits per heavy atom. The molecule has 0 spiro atoms. The van der Waals surface area contributed by atoms with Gasteiger partial charge in [-0.15, -0.1) is 25.5 Å². The summed E-state index contributed by atoms with van der Waals surface area (Å²) in [4.78, 5) is 67.4. The first kappa shape index (κ1) is 94.3. The molecule has 21 aromatic rings. The van der Waals surface area contributed by atoms with E-state index in [-0.39, 0.29) is 54.6 Å². The van der Waals surface area contributed by atoms with Crippen molar-refractivity contribution < 1.29 is 44.0 Å². The van der Waals surface area contributed by atoms with Crippen molar-refractivity contribution in [1.29, 1.82) is 0 Å². The lowest BCUT2D eigenvalue weighted by atomic mass is 10.1. The second-order valence-corrected chi connectivity index (χ2v) is 32.6. The Bertz CT molecular complexity index is 7860. The Morgan fingerprint density at radius 1 is 0.324 bits per heavy atom. The van der Waals surface area contributed by atoms with Crippen molar-refractivity contribution in [3.05, 3.63) is 346 Å². The summed E-state index contributed by atoms with van der Waals surface area (Å²) in [5.41, 5.74) is 12.9. The van der Waals surface area contributed by atoms with Gasteiger partial charge in [-0.1, -0.05) is 109 Å². The van der Waals surface area contributed by atoms with Crippen LogP contribution in [0.2, 0.25) is 0 Å². The van der Waals surface area contributed by atoms with Crippen molar-refractivity contribution in [2.45, 2.75) is 158 Å². The average molecular weight is 1890 g/mol. The first-order chi connectivity index (χ1) is 67.3. The highest BCUT2D eigenvalue weighted by molar-refractivity contribution is 5.61. The van der Waals surface area contributed by atoms with Gasteiger partial charge in [0.1, 0.15) is 98.1 Å². The van der Waals surface area contributed by atoms with Gasteiger partial charge >= 0.3 is 6.18 Å². The number of fused-ring (bicyclic) bond motifs is 5. The molecule has 32 nitrogen and oxygen atoms in total. The number of unbranched alkanes of at least 4 members (excludes halogenated alkanes) is 2. The highest BCUT2D eigenvalue weighted by Crippen LogP contribution is 2.30. The third kappa shape index (κ3) is 22.4. The van der Waals surface area contributed by atoms with Gasteiger partial charge in [0.2, 0.25) is 29.1 Å². The Kier molecular flexibility index (Phi) is 28.6. The summed E-state index contributed by atoms with van der Waals surface area (Å²) < 4.78 is 143. The molecule has 0 N–H and O–H groups in total. The van der Waals surface area contributed by atoms with E-state index in [1.54, 1.807) is 137 Å². The zero-order valence-corrected chi connectivity index (χ0v) is 76.8. The summed E-state index contributed by atoms with van der Waals surface area (Å²) in [5, 5.41) is 26.4. The van der Waals surface area contributed by atoms with Gasteiger partial charge in [0.15, 0.2) is 28.2 Å². The maximum atomic E-state index is 14.2. The summed E-state index contributed by atoms with van der Waals surface area (Å²) >= 11 is 0. The number of imidazole rings is 5. The number of hydrogen-bond donors (Lipinski definition) is 0. The van der Waals surface area contributed by atoms with Crippen LogP contribution >= 0.6 is 0 Å². The molecule has 0 saturated heterocycles. The highest BCUT2D eigenvalue weighted by Gasteiger charge is 2.29. The first-order valence-corrected chi connectivity index (χ1v) is 44.8. The zero-order chi connectivity index (χ0) is 97.0. The molecular weight excluding hydrogens is 1800 g/mol. The van der Waals surface area contributed by atoms with E-state index in [0.29, 0.717) is 194 Å². The van der Waals surface area contributed by atoms with Crippen LogP contribution in [0.25, 0.3) is 85.8 Å². The number of hydrogen-bond acceptors (Lipinski definition) is 22. The molecule has 0 unspecified atom stereocenters. The average Bonchev–Trinajstić information content (AvgIpc) is 1.69. The SMILES string of the molecule is CCCCn1nc(-c2cn3ccnc3c(Cc3ccccc3F)n2)nc1C.CCn1nc(-c2cn3ccnc3c(Cc3ccccc3F)n2)nc1C.Cc1cc(Cn2nc(-c3cn4ccnc4c(Cc4ccccc4F)n3)nc2C)no1.Cc1nc(-c2cn3ccnc3c(Cc3ccccc3F)n2)nn1CCC(F)(F)F.Cc1nc(-c2cn3ccnc3c(Cc3ccccc3F)n2)nn1CCCCF. The number of aromatic nitrogens is 31. The van der Waals surface area contributed by atoms with E-state index >= 15 is 0 Å². The fourth-order valence-corrected chi connectivity index (χ4v) is 15.5. The lowest BCUT2D eigenvalue weighted by Gasteiger charge is -2.07. The second kappa shape index (κ2) is 42.2. The molecule has 139 heavy (non-hydrogen) atoms. The van der Waals surface area contributed by atoms with Gasteiger partial charge in [-0.05, 0) is 126 Å². The van der Waals surface area contributed by atoms with Gasteiger partial charge in [0, 0.05) is 151 Å². The van der Waals surface area contributed by atoms with Crippen molar-refractivity contribution >= 4 is 28.2 Å². The Morgan fingerprint density at radius 2 is 0.597 bits per heavy atom. The van der Waals surface area contributed by atoms with Crippen molar-refractivity contribution in [3.63, 3.8) is 0 Å². The van der Waals surface area contributed by atoms with Crippen LogP contribution in [0.4, 0.5) is 39.5 Å². The smallest absolute Gasteiger partial charge is 0.361 e. The molecule has 708 valence electrons. The van der Waals surface area contributed by atoms with E-state index in [1.165, 1.54) is 35.0 Å². The predicted octanol–water partition coefficient (Wildman–Crippen LogP) is 18.0. The maximum absolute atomic E-state index is 14.2. The lowest BCUT2D eigenvalue weighted by Crippen LogP contribution is -2.14. The third-order valence-corrected chi connectivity index (χ3v) is 22.6. The monoisotopic (exact) mass is 1890 g/mol. The fourth-order valence-electron chi connectivity index (χ4n) is 15.5. The van der Waals surface area contributed by atoms with Gasteiger partial charge in [-0.2, -0.15) is 13.2 Å². The van der Waals surface area contributed by atoms with E-state index < -0.39 is 12.6 Å². The quantitative estimate of drug-likeness (QED) is 0.0341. The van der Waals surface area contributed by atoms with Gasteiger partial charge in [-0.3, -0.25) is 4.39 Å². The van der Waals surface area contributed by atoms with Crippen LogP contribution in [0.15, 0.2) is 225 Å². The first-order valence-electron chi connectivity index (χ1n) is 44.8. The molecule has 0 aliphatic carbocycles. The van der Waals surface area contributed by atoms with E-state index in [4.69, 9.17) is 14.5 Å². The molecule has 0 atom stereocenters. The molecule has 16 heterocycles. The minimum atomic E-state index is -4.28. The number of aryl methyl sites for hydroxylation is 10. The Balaban J connectivity index is 0.000000120. The Labute approximate surface area is 788 Å². The van der Waals surface area contributed by atoms with Gasteiger partial charge in [-0.25, -0.2) is 120 Å². The van der Waals surface area contributed by atoms with Gasteiger partial charge in [0.25, 0.3) is 0 Å². The molecule has 0 fully saturated rings. The number of alkyl halides is 4. The van der Waals surface area contributed by atoms with Crippen LogP contribution in [-0.4, -0.2) is 164 Å². The summed E-state index contributed by atoms with van der Waals surface area (Å²) in [6, 6.07) is 35.0. The molecule has 0 aliphatic rings. The molecule has 16 aromatic heterocycles. The minimum absolute atomic E-state index is 0.203. The number of benzene rings is 5. The normalized spacial score (nSPS) is 11.5. The molecule has 21 rings (SSSR count). The molecule has 0 bridgehead atoms. The highest BCUT2D eigenvalue weighted by atomic mass is 19.4. The Hall–Kier alpha value is -16.5. The van der Waals surface area contributed by atoms with E-state index in [1.807, 2.05) is 142 Å². The predicted molar refractivity (Wildman–Crippen MR) is 497 cm³/mol. The molecule has 5 aromatic carbocycles. The summed E-state index contributed by atoms with van der Waals surface area (Å²) in [6.07, 6.45) is 26.1.